The summed E-state index contributed by atoms with van der Waals surface area (Å²) in [6.45, 7) is 13.8. The summed E-state index contributed by atoms with van der Waals surface area (Å²) in [6.07, 6.45) is 6.97. The van der Waals surface area contributed by atoms with E-state index in [4.69, 9.17) is 0 Å². The second-order valence-corrected chi connectivity index (χ2v) is 7.63. The highest BCUT2D eigenvalue weighted by atomic mass is 15.3. The Balaban J connectivity index is 1.54. The van der Waals surface area contributed by atoms with Crippen LogP contribution >= 0.6 is 0 Å². The number of nitrogens with zero attached hydrogens (tertiary/aromatic N) is 3. The molecule has 2 aliphatic rings. The fraction of sp³-hybridized carbons (Fsp3) is 0.947. The summed E-state index contributed by atoms with van der Waals surface area (Å²) < 4.78 is 0. The minimum absolute atomic E-state index is 0.911. The average molecular weight is 338 g/mol. The third-order valence-electron chi connectivity index (χ3n) is 5.75. The zero-order valence-electron chi connectivity index (χ0n) is 16.2. The van der Waals surface area contributed by atoms with Crippen LogP contribution in [0.15, 0.2) is 4.99 Å². The van der Waals surface area contributed by atoms with Gasteiger partial charge in [-0.1, -0.05) is 33.1 Å². The first kappa shape index (κ1) is 19.5. The molecule has 0 bridgehead atoms. The number of piperazine rings is 1. The van der Waals surface area contributed by atoms with Crippen LogP contribution in [0.2, 0.25) is 0 Å². The molecule has 0 aromatic rings. The van der Waals surface area contributed by atoms with Gasteiger partial charge in [0.2, 0.25) is 0 Å². The molecule has 1 saturated heterocycles. The lowest BCUT2D eigenvalue weighted by Gasteiger charge is -2.34. The molecular weight excluding hydrogens is 298 g/mol. The standard InChI is InChI=1S/C19H39N5/c1-4-23-12-14-24(15-13-23)11-10-22-19(20-3)21-9-8-18-7-5-6-17(2)16-18/h17-18H,4-16H2,1-3H3,(H2,20,21,22). The molecule has 5 heteroatoms. The van der Waals surface area contributed by atoms with Crippen LogP contribution in [0.3, 0.4) is 0 Å². The normalized spacial score (nSPS) is 27.2. The number of guanidine groups is 1. The molecule has 2 atom stereocenters. The fourth-order valence-corrected chi connectivity index (χ4v) is 4.10. The van der Waals surface area contributed by atoms with Gasteiger partial charge < -0.3 is 15.5 Å². The predicted molar refractivity (Wildman–Crippen MR) is 104 cm³/mol. The molecule has 24 heavy (non-hydrogen) atoms. The first-order valence-electron chi connectivity index (χ1n) is 10.1. The molecule has 0 spiro atoms. The zero-order valence-corrected chi connectivity index (χ0v) is 16.2. The van der Waals surface area contributed by atoms with Gasteiger partial charge in [0.15, 0.2) is 5.96 Å². The lowest BCUT2D eigenvalue weighted by Crippen LogP contribution is -2.49. The zero-order chi connectivity index (χ0) is 17.2. The average Bonchev–Trinajstić information content (AvgIpc) is 2.61. The lowest BCUT2D eigenvalue weighted by molar-refractivity contribution is 0.139. The molecule has 0 radical (unpaired) electrons. The lowest BCUT2D eigenvalue weighted by atomic mass is 9.81. The predicted octanol–water partition coefficient (Wildman–Crippen LogP) is 2.01. The van der Waals surface area contributed by atoms with Crippen molar-refractivity contribution in [1.29, 1.82) is 0 Å². The molecule has 2 unspecified atom stereocenters. The van der Waals surface area contributed by atoms with Gasteiger partial charge in [-0.25, -0.2) is 0 Å². The van der Waals surface area contributed by atoms with Crippen LogP contribution in [0, 0.1) is 11.8 Å². The first-order chi connectivity index (χ1) is 11.7. The number of aliphatic imine (C=N–C) groups is 1. The minimum Gasteiger partial charge on any atom is -0.356 e. The molecule has 2 fully saturated rings. The highest BCUT2D eigenvalue weighted by molar-refractivity contribution is 5.79. The van der Waals surface area contributed by atoms with Gasteiger partial charge >= 0.3 is 0 Å². The van der Waals surface area contributed by atoms with Gasteiger partial charge in [-0.05, 0) is 31.2 Å². The molecular formula is C19H39N5. The molecule has 0 aromatic heterocycles. The van der Waals surface area contributed by atoms with E-state index in [1.54, 1.807) is 0 Å². The molecule has 1 saturated carbocycles. The maximum absolute atomic E-state index is 4.36. The molecule has 140 valence electrons. The van der Waals surface area contributed by atoms with Crippen LogP contribution < -0.4 is 10.6 Å². The second kappa shape index (κ2) is 10.9. The molecule has 2 N–H and O–H groups in total. The van der Waals surface area contributed by atoms with Gasteiger partial charge in [0, 0.05) is 52.9 Å². The molecule has 0 aromatic carbocycles. The van der Waals surface area contributed by atoms with Crippen molar-refractivity contribution >= 4 is 5.96 Å². The number of hydrogen-bond donors (Lipinski definition) is 2. The van der Waals surface area contributed by atoms with Crippen LogP contribution in [-0.4, -0.2) is 75.2 Å². The summed E-state index contributed by atoms with van der Waals surface area (Å²) in [6, 6.07) is 0. The Bertz CT molecular complexity index is 363. The van der Waals surface area contributed by atoms with Crippen molar-refractivity contribution in [3.05, 3.63) is 0 Å². The van der Waals surface area contributed by atoms with E-state index in [0.29, 0.717) is 0 Å². The van der Waals surface area contributed by atoms with Crippen molar-refractivity contribution in [1.82, 2.24) is 20.4 Å². The molecule has 1 heterocycles. The minimum atomic E-state index is 0.911. The quantitative estimate of drug-likeness (QED) is 0.551. The summed E-state index contributed by atoms with van der Waals surface area (Å²) in [5, 5.41) is 6.97. The van der Waals surface area contributed by atoms with E-state index in [1.165, 1.54) is 64.8 Å². The SMILES string of the molecule is CCN1CCN(CCNC(=NC)NCCC2CCCC(C)C2)CC1. The number of likely N-dealkylation sites (N-methyl/N-ethyl adjacent to an activating group) is 1. The second-order valence-electron chi connectivity index (χ2n) is 7.63. The molecule has 5 nitrogen and oxygen atoms in total. The Hall–Kier alpha value is -0.810. The van der Waals surface area contributed by atoms with E-state index >= 15 is 0 Å². The third-order valence-corrected chi connectivity index (χ3v) is 5.75. The molecule has 1 aliphatic carbocycles. The largest absolute Gasteiger partial charge is 0.356 e. The van der Waals surface area contributed by atoms with Crippen LogP contribution in [0.25, 0.3) is 0 Å². The summed E-state index contributed by atoms with van der Waals surface area (Å²) in [5.74, 6) is 2.80. The summed E-state index contributed by atoms with van der Waals surface area (Å²) in [7, 11) is 1.87. The first-order valence-corrected chi connectivity index (χ1v) is 10.1. The van der Waals surface area contributed by atoms with Gasteiger partial charge in [-0.15, -0.1) is 0 Å². The van der Waals surface area contributed by atoms with Crippen molar-refractivity contribution in [2.24, 2.45) is 16.8 Å². The highest BCUT2D eigenvalue weighted by Gasteiger charge is 2.18. The Morgan fingerprint density at radius 1 is 1.04 bits per heavy atom. The van der Waals surface area contributed by atoms with Gasteiger partial charge in [-0.3, -0.25) is 9.89 Å². The maximum atomic E-state index is 4.36. The van der Waals surface area contributed by atoms with E-state index in [-0.39, 0.29) is 0 Å². The van der Waals surface area contributed by atoms with E-state index in [9.17, 15) is 0 Å². The molecule has 2 rings (SSSR count). The van der Waals surface area contributed by atoms with Crippen molar-refractivity contribution in [2.45, 2.75) is 46.0 Å². The van der Waals surface area contributed by atoms with Gasteiger partial charge in [-0.2, -0.15) is 0 Å². The third kappa shape index (κ3) is 6.98. The van der Waals surface area contributed by atoms with Gasteiger partial charge in [0.25, 0.3) is 0 Å². The van der Waals surface area contributed by atoms with Gasteiger partial charge in [0.1, 0.15) is 0 Å². The monoisotopic (exact) mass is 337 g/mol. The molecule has 0 amide bonds. The van der Waals surface area contributed by atoms with Crippen molar-refractivity contribution in [3.63, 3.8) is 0 Å². The summed E-state index contributed by atoms with van der Waals surface area (Å²) >= 11 is 0. The van der Waals surface area contributed by atoms with Crippen LogP contribution in [-0.2, 0) is 0 Å². The van der Waals surface area contributed by atoms with Gasteiger partial charge in [0.05, 0.1) is 0 Å². The topological polar surface area (TPSA) is 42.9 Å². The smallest absolute Gasteiger partial charge is 0.191 e. The van der Waals surface area contributed by atoms with E-state index in [2.05, 4.69) is 39.3 Å². The van der Waals surface area contributed by atoms with E-state index < -0.39 is 0 Å². The van der Waals surface area contributed by atoms with E-state index in [0.717, 1.165) is 37.4 Å². The highest BCUT2D eigenvalue weighted by Crippen LogP contribution is 2.30. The summed E-state index contributed by atoms with van der Waals surface area (Å²) in [5.41, 5.74) is 0. The Morgan fingerprint density at radius 2 is 1.75 bits per heavy atom. The van der Waals surface area contributed by atoms with Crippen molar-refractivity contribution in [2.75, 3.05) is 59.4 Å². The maximum Gasteiger partial charge on any atom is 0.191 e. The fourth-order valence-electron chi connectivity index (χ4n) is 4.10. The van der Waals surface area contributed by atoms with Crippen LogP contribution in [0.1, 0.15) is 46.0 Å². The number of rotatable bonds is 7. The Kier molecular flexibility index (Phi) is 8.89. The number of nitrogens with one attached hydrogen (secondary N) is 2. The van der Waals surface area contributed by atoms with Crippen LogP contribution in [0.4, 0.5) is 0 Å². The van der Waals surface area contributed by atoms with Crippen molar-refractivity contribution in [3.8, 4) is 0 Å². The van der Waals surface area contributed by atoms with Crippen molar-refractivity contribution < 1.29 is 0 Å². The van der Waals surface area contributed by atoms with E-state index in [1.807, 2.05) is 7.05 Å². The Morgan fingerprint density at radius 3 is 2.42 bits per heavy atom. The van der Waals surface area contributed by atoms with Crippen LogP contribution in [0.5, 0.6) is 0 Å². The summed E-state index contributed by atoms with van der Waals surface area (Å²) in [4.78, 5) is 9.44. The Labute approximate surface area is 149 Å². The molecule has 1 aliphatic heterocycles. The number of hydrogen-bond acceptors (Lipinski definition) is 3.